The lowest BCUT2D eigenvalue weighted by molar-refractivity contribution is -0.138. The molecule has 4 rings (SSSR count). The third-order valence-electron chi connectivity index (χ3n) is 4.96. The fraction of sp³-hybridized carbons (Fsp3) is 0.300. The van der Waals surface area contributed by atoms with Crippen molar-refractivity contribution in [2.75, 3.05) is 18.4 Å². The Hall–Kier alpha value is -3.34. The molecule has 0 spiro atoms. The maximum absolute atomic E-state index is 13.7. The van der Waals surface area contributed by atoms with E-state index < -0.39 is 17.9 Å². The summed E-state index contributed by atoms with van der Waals surface area (Å²) in [5, 5.41) is 15.5. The fourth-order valence-electron chi connectivity index (χ4n) is 3.54. The van der Waals surface area contributed by atoms with E-state index in [1.54, 1.807) is 6.07 Å². The number of anilines is 1. The van der Waals surface area contributed by atoms with Crippen LogP contribution >= 0.6 is 0 Å². The van der Waals surface area contributed by atoms with Crippen LogP contribution in [0.2, 0.25) is 0 Å². The van der Waals surface area contributed by atoms with Gasteiger partial charge in [-0.25, -0.2) is 4.39 Å². The van der Waals surface area contributed by atoms with Gasteiger partial charge >= 0.3 is 6.18 Å². The summed E-state index contributed by atoms with van der Waals surface area (Å²) in [6, 6.07) is 4.21. The van der Waals surface area contributed by atoms with Gasteiger partial charge in [-0.15, -0.1) is 10.2 Å². The van der Waals surface area contributed by atoms with Gasteiger partial charge in [-0.2, -0.15) is 13.2 Å². The lowest BCUT2D eigenvalue weighted by Gasteiger charge is -2.27. The van der Waals surface area contributed by atoms with Crippen molar-refractivity contribution in [3.63, 3.8) is 0 Å². The first kappa shape index (κ1) is 20.9. The molecule has 11 heteroatoms. The highest BCUT2D eigenvalue weighted by Crippen LogP contribution is 2.39. The zero-order valence-corrected chi connectivity index (χ0v) is 16.0. The molecule has 0 unspecified atom stereocenters. The van der Waals surface area contributed by atoms with Gasteiger partial charge in [0.25, 0.3) is 6.47 Å². The number of rotatable bonds is 5. The minimum Gasteiger partial charge on any atom is -0.428 e. The van der Waals surface area contributed by atoms with E-state index in [-0.39, 0.29) is 29.5 Å². The van der Waals surface area contributed by atoms with Crippen molar-refractivity contribution >= 4 is 23.1 Å². The number of aromatic nitrogens is 3. The lowest BCUT2D eigenvalue weighted by atomic mass is 10.0. The molecule has 3 aromatic rings. The van der Waals surface area contributed by atoms with Crippen LogP contribution in [0.25, 0.3) is 22.0 Å². The molecule has 3 heterocycles. The van der Waals surface area contributed by atoms with Gasteiger partial charge in [0, 0.05) is 54.3 Å². The number of fused-ring (bicyclic) bond motifs is 1. The SMILES string of the molecule is O=COc1cc(C(F)(F)F)ccc1-c1nnc(N[C@H]2CNC[C@H](F)C2)c2cnccc12. The van der Waals surface area contributed by atoms with Crippen LogP contribution in [0.4, 0.5) is 23.4 Å². The zero-order chi connectivity index (χ0) is 22.0. The van der Waals surface area contributed by atoms with Crippen LogP contribution in [0.5, 0.6) is 5.75 Å². The van der Waals surface area contributed by atoms with E-state index in [9.17, 15) is 22.4 Å². The molecule has 31 heavy (non-hydrogen) atoms. The topological polar surface area (TPSA) is 89.0 Å². The fourth-order valence-corrected chi connectivity index (χ4v) is 3.54. The number of carbonyl (C=O) groups excluding carboxylic acids is 1. The Morgan fingerprint density at radius 3 is 2.74 bits per heavy atom. The van der Waals surface area contributed by atoms with Gasteiger partial charge in [0.1, 0.15) is 17.6 Å². The van der Waals surface area contributed by atoms with E-state index in [2.05, 4.69) is 25.8 Å². The lowest BCUT2D eigenvalue weighted by Crippen LogP contribution is -2.44. The van der Waals surface area contributed by atoms with Crippen LogP contribution in [0.15, 0.2) is 36.7 Å². The maximum Gasteiger partial charge on any atom is 0.416 e. The summed E-state index contributed by atoms with van der Waals surface area (Å²) in [6.45, 7) is 0.885. The Morgan fingerprint density at radius 1 is 1.16 bits per heavy atom. The highest BCUT2D eigenvalue weighted by Gasteiger charge is 2.32. The standard InChI is InChI=1S/C20H17F4N5O2/c21-12-6-13(8-26-7-12)27-19-16-9-25-4-3-14(16)18(28-29-19)15-2-1-11(20(22,23)24)5-17(15)31-10-30/h1-5,9-10,12-13,26H,6-8H2,(H,27,29)/t12-,13-/m1/s1. The van der Waals surface area contributed by atoms with Gasteiger partial charge in [-0.3, -0.25) is 9.78 Å². The quantitative estimate of drug-likeness (QED) is 0.469. The van der Waals surface area contributed by atoms with Crippen LogP contribution < -0.4 is 15.4 Å². The number of ether oxygens (including phenoxy) is 1. The van der Waals surface area contributed by atoms with Crippen LogP contribution in [-0.2, 0) is 11.0 Å². The van der Waals surface area contributed by atoms with Gasteiger partial charge in [-0.1, -0.05) is 0 Å². The van der Waals surface area contributed by atoms with E-state index in [4.69, 9.17) is 4.74 Å². The number of carbonyl (C=O) groups is 1. The average Bonchev–Trinajstić information content (AvgIpc) is 2.74. The molecule has 2 atom stereocenters. The predicted molar refractivity (Wildman–Crippen MR) is 104 cm³/mol. The number of hydrogen-bond donors (Lipinski definition) is 2. The van der Waals surface area contributed by atoms with E-state index in [0.29, 0.717) is 36.1 Å². The molecule has 0 saturated carbocycles. The summed E-state index contributed by atoms with van der Waals surface area (Å²) in [5.74, 6) is 0.0761. The monoisotopic (exact) mass is 435 g/mol. The molecule has 1 fully saturated rings. The zero-order valence-electron chi connectivity index (χ0n) is 16.0. The molecule has 1 aliphatic heterocycles. The molecular weight excluding hydrogens is 418 g/mol. The molecular formula is C20H17F4N5O2. The summed E-state index contributed by atoms with van der Waals surface area (Å²) in [6.07, 6.45) is -2.26. The molecule has 0 aliphatic carbocycles. The number of pyridine rings is 1. The second kappa shape index (κ2) is 8.42. The number of hydrogen-bond acceptors (Lipinski definition) is 7. The number of nitrogens with zero attached hydrogens (tertiary/aromatic N) is 3. The Bertz CT molecular complexity index is 1110. The molecule has 1 saturated heterocycles. The van der Waals surface area contributed by atoms with Crippen molar-refractivity contribution in [3.05, 3.63) is 42.2 Å². The first-order valence-electron chi connectivity index (χ1n) is 9.40. The predicted octanol–water partition coefficient (Wildman–Crippen LogP) is 3.36. The number of nitrogens with one attached hydrogen (secondary N) is 2. The third kappa shape index (κ3) is 4.41. The van der Waals surface area contributed by atoms with Crippen molar-refractivity contribution < 1.29 is 27.1 Å². The van der Waals surface area contributed by atoms with E-state index in [1.165, 1.54) is 18.5 Å². The highest BCUT2D eigenvalue weighted by atomic mass is 19.4. The molecule has 2 aromatic heterocycles. The summed E-state index contributed by atoms with van der Waals surface area (Å²) in [7, 11) is 0. The maximum atomic E-state index is 13.7. The van der Waals surface area contributed by atoms with Gasteiger partial charge < -0.3 is 15.4 Å². The van der Waals surface area contributed by atoms with Crippen LogP contribution in [0, 0.1) is 0 Å². The largest absolute Gasteiger partial charge is 0.428 e. The van der Waals surface area contributed by atoms with Crippen molar-refractivity contribution in [1.29, 1.82) is 0 Å². The first-order valence-corrected chi connectivity index (χ1v) is 9.40. The third-order valence-corrected chi connectivity index (χ3v) is 4.96. The Kier molecular flexibility index (Phi) is 5.68. The smallest absolute Gasteiger partial charge is 0.416 e. The molecule has 162 valence electrons. The highest BCUT2D eigenvalue weighted by molar-refractivity contribution is 6.00. The van der Waals surface area contributed by atoms with Gasteiger partial charge in [0.15, 0.2) is 5.82 Å². The minimum absolute atomic E-state index is 0.0511. The van der Waals surface area contributed by atoms with Crippen molar-refractivity contribution in [2.24, 2.45) is 0 Å². The molecule has 0 bridgehead atoms. The Morgan fingerprint density at radius 2 is 2.00 bits per heavy atom. The van der Waals surface area contributed by atoms with Crippen LogP contribution in [0.3, 0.4) is 0 Å². The molecule has 0 amide bonds. The Balaban J connectivity index is 1.78. The number of halogens is 4. The van der Waals surface area contributed by atoms with E-state index in [1.807, 2.05) is 0 Å². The van der Waals surface area contributed by atoms with Crippen LogP contribution in [-0.4, -0.2) is 47.0 Å². The van der Waals surface area contributed by atoms with Crippen molar-refractivity contribution in [2.45, 2.75) is 24.8 Å². The number of alkyl halides is 4. The summed E-state index contributed by atoms with van der Waals surface area (Å²) in [4.78, 5) is 15.0. The molecule has 7 nitrogen and oxygen atoms in total. The van der Waals surface area contributed by atoms with Gasteiger partial charge in [-0.05, 0) is 24.3 Å². The molecule has 1 aliphatic rings. The number of benzene rings is 1. The summed E-state index contributed by atoms with van der Waals surface area (Å²) in [5.41, 5.74) is -0.576. The summed E-state index contributed by atoms with van der Waals surface area (Å²) >= 11 is 0. The molecule has 1 aromatic carbocycles. The second-order valence-corrected chi connectivity index (χ2v) is 7.07. The van der Waals surface area contributed by atoms with E-state index >= 15 is 0 Å². The second-order valence-electron chi connectivity index (χ2n) is 7.07. The average molecular weight is 435 g/mol. The number of piperidine rings is 1. The Labute approximate surface area is 173 Å². The van der Waals surface area contributed by atoms with Crippen molar-refractivity contribution in [3.8, 4) is 17.0 Å². The normalized spacial score (nSPS) is 19.2. The molecule has 0 radical (unpaired) electrons. The first-order chi connectivity index (χ1) is 14.9. The van der Waals surface area contributed by atoms with Crippen molar-refractivity contribution in [1.82, 2.24) is 20.5 Å². The molecule has 2 N–H and O–H groups in total. The van der Waals surface area contributed by atoms with Gasteiger partial charge in [0.05, 0.1) is 5.56 Å². The summed E-state index contributed by atoms with van der Waals surface area (Å²) < 4.78 is 57.7. The van der Waals surface area contributed by atoms with Gasteiger partial charge in [0.2, 0.25) is 0 Å². The van der Waals surface area contributed by atoms with E-state index in [0.717, 1.165) is 12.1 Å². The minimum atomic E-state index is -4.60. The van der Waals surface area contributed by atoms with Crippen LogP contribution in [0.1, 0.15) is 12.0 Å².